The van der Waals surface area contributed by atoms with Crippen molar-refractivity contribution in [1.29, 1.82) is 0 Å². The van der Waals surface area contributed by atoms with Gasteiger partial charge in [0.1, 0.15) is 0 Å². The van der Waals surface area contributed by atoms with Gasteiger partial charge in [-0.25, -0.2) is 0 Å². The number of nitrogens with zero attached hydrogens (tertiary/aromatic N) is 2. The average Bonchev–Trinajstić information content (AvgIpc) is 2.79. The number of ether oxygens (including phenoxy) is 3. The number of anilines is 1. The van der Waals surface area contributed by atoms with Gasteiger partial charge in [-0.15, -0.1) is 0 Å². The van der Waals surface area contributed by atoms with Crippen molar-refractivity contribution in [2.75, 3.05) is 52.8 Å². The summed E-state index contributed by atoms with van der Waals surface area (Å²) in [5.74, 6) is 1.98. The zero-order valence-electron chi connectivity index (χ0n) is 18.4. The van der Waals surface area contributed by atoms with Crippen molar-refractivity contribution >= 4 is 28.8 Å². The lowest BCUT2D eigenvalue weighted by Gasteiger charge is -2.36. The van der Waals surface area contributed by atoms with Crippen molar-refractivity contribution in [3.63, 3.8) is 0 Å². The van der Waals surface area contributed by atoms with Crippen LogP contribution in [0.15, 0.2) is 36.4 Å². The van der Waals surface area contributed by atoms with E-state index in [4.69, 9.17) is 26.4 Å². The highest BCUT2D eigenvalue weighted by atomic mass is 32.1. The minimum Gasteiger partial charge on any atom is -0.493 e. The number of nitrogens with one attached hydrogen (secondary N) is 1. The van der Waals surface area contributed by atoms with E-state index in [-0.39, 0.29) is 5.78 Å². The first-order valence-corrected chi connectivity index (χ1v) is 10.5. The summed E-state index contributed by atoms with van der Waals surface area (Å²) >= 11 is 5.58. The summed E-state index contributed by atoms with van der Waals surface area (Å²) in [7, 11) is 4.86. The molecule has 1 fully saturated rings. The van der Waals surface area contributed by atoms with E-state index in [1.165, 1.54) is 0 Å². The fourth-order valence-corrected chi connectivity index (χ4v) is 3.89. The Bertz CT molecular complexity index is 900. The van der Waals surface area contributed by atoms with Crippen molar-refractivity contribution in [3.8, 4) is 17.2 Å². The molecule has 7 nitrogen and oxygen atoms in total. The fraction of sp³-hybridized carbons (Fsp3) is 0.391. The van der Waals surface area contributed by atoms with Gasteiger partial charge in [-0.05, 0) is 61.1 Å². The molecule has 2 aromatic carbocycles. The van der Waals surface area contributed by atoms with Crippen molar-refractivity contribution in [3.05, 3.63) is 47.5 Å². The molecular weight excluding hydrogens is 414 g/mol. The zero-order chi connectivity index (χ0) is 22.4. The van der Waals surface area contributed by atoms with Crippen molar-refractivity contribution in [2.45, 2.75) is 13.5 Å². The van der Waals surface area contributed by atoms with E-state index in [2.05, 4.69) is 15.1 Å². The maximum absolute atomic E-state index is 11.4. The van der Waals surface area contributed by atoms with Crippen LogP contribution in [0.25, 0.3) is 0 Å². The molecule has 0 amide bonds. The molecular formula is C23H29N3O4S. The molecule has 0 unspecified atom stereocenters. The lowest BCUT2D eigenvalue weighted by Crippen LogP contribution is -2.49. The molecule has 3 rings (SSSR count). The van der Waals surface area contributed by atoms with Crippen LogP contribution in [0.1, 0.15) is 22.8 Å². The lowest BCUT2D eigenvalue weighted by molar-refractivity contribution is 0.101. The van der Waals surface area contributed by atoms with Crippen LogP contribution in [0.4, 0.5) is 5.69 Å². The Morgan fingerprint density at radius 2 is 1.55 bits per heavy atom. The number of hydrogen-bond acceptors (Lipinski definition) is 6. The Hall–Kier alpha value is -2.84. The second kappa shape index (κ2) is 10.5. The third-order valence-corrected chi connectivity index (χ3v) is 5.69. The number of benzene rings is 2. The highest BCUT2D eigenvalue weighted by Gasteiger charge is 2.21. The molecule has 166 valence electrons. The molecule has 0 radical (unpaired) electrons. The van der Waals surface area contributed by atoms with E-state index in [0.29, 0.717) is 27.9 Å². The summed E-state index contributed by atoms with van der Waals surface area (Å²) in [5, 5.41) is 3.96. The molecule has 2 aromatic rings. The maximum atomic E-state index is 11.4. The van der Waals surface area contributed by atoms with Gasteiger partial charge < -0.3 is 24.4 Å². The van der Waals surface area contributed by atoms with Gasteiger partial charge in [-0.1, -0.05) is 0 Å². The first kappa shape index (κ1) is 22.8. The molecule has 1 aliphatic heterocycles. The second-order valence-electron chi connectivity index (χ2n) is 7.36. The Balaban J connectivity index is 1.56. The molecule has 0 aromatic heterocycles. The van der Waals surface area contributed by atoms with Crippen LogP contribution in [0.5, 0.6) is 17.2 Å². The predicted octanol–water partition coefficient (Wildman–Crippen LogP) is 3.43. The second-order valence-corrected chi connectivity index (χ2v) is 7.75. The quantitative estimate of drug-likeness (QED) is 0.516. The Labute approximate surface area is 188 Å². The van der Waals surface area contributed by atoms with Gasteiger partial charge in [-0.2, -0.15) is 0 Å². The molecule has 1 saturated heterocycles. The molecule has 0 saturated carbocycles. The lowest BCUT2D eigenvalue weighted by atomic mass is 10.1. The smallest absolute Gasteiger partial charge is 0.203 e. The van der Waals surface area contributed by atoms with E-state index in [1.807, 2.05) is 36.4 Å². The largest absolute Gasteiger partial charge is 0.493 e. The van der Waals surface area contributed by atoms with Gasteiger partial charge in [0, 0.05) is 44.0 Å². The van der Waals surface area contributed by atoms with Crippen molar-refractivity contribution < 1.29 is 19.0 Å². The molecule has 8 heteroatoms. The SMILES string of the molecule is COc1cc(CN2CCN(C(=S)Nc3ccc(C(C)=O)cc3)CC2)cc(OC)c1OC. The minimum absolute atomic E-state index is 0.0531. The molecule has 31 heavy (non-hydrogen) atoms. The maximum Gasteiger partial charge on any atom is 0.203 e. The van der Waals surface area contributed by atoms with Gasteiger partial charge in [0.15, 0.2) is 22.4 Å². The Morgan fingerprint density at radius 3 is 2.03 bits per heavy atom. The standard InChI is InChI=1S/C23H29N3O4S/c1-16(27)18-5-7-19(8-6-18)24-23(31)26-11-9-25(10-12-26)15-17-13-20(28-2)22(30-4)21(14-17)29-3/h5-8,13-14H,9-12,15H2,1-4H3,(H,24,31). The highest BCUT2D eigenvalue weighted by Crippen LogP contribution is 2.38. The number of Topliss-reactive ketones (excluding diaryl/α,β-unsaturated/α-hetero) is 1. The van der Waals surface area contributed by atoms with Gasteiger partial charge >= 0.3 is 0 Å². The zero-order valence-corrected chi connectivity index (χ0v) is 19.3. The first-order chi connectivity index (χ1) is 14.9. The Kier molecular flexibility index (Phi) is 7.70. The van der Waals surface area contributed by atoms with Crippen LogP contribution in [0, 0.1) is 0 Å². The summed E-state index contributed by atoms with van der Waals surface area (Å²) in [4.78, 5) is 16.0. The van der Waals surface area contributed by atoms with Crippen LogP contribution in [0.3, 0.4) is 0 Å². The normalized spacial score (nSPS) is 14.1. The molecule has 1 N–H and O–H groups in total. The van der Waals surface area contributed by atoms with E-state index >= 15 is 0 Å². The first-order valence-electron chi connectivity index (χ1n) is 10.1. The number of thiocarbonyl (C=S) groups is 1. The average molecular weight is 444 g/mol. The number of rotatable bonds is 7. The summed E-state index contributed by atoms with van der Waals surface area (Å²) in [6.07, 6.45) is 0. The molecule has 0 bridgehead atoms. The molecule has 0 atom stereocenters. The van der Waals surface area contributed by atoms with Crippen LogP contribution >= 0.6 is 12.2 Å². The van der Waals surface area contributed by atoms with Gasteiger partial charge in [-0.3, -0.25) is 9.69 Å². The van der Waals surface area contributed by atoms with E-state index in [1.54, 1.807) is 28.3 Å². The number of ketones is 1. The van der Waals surface area contributed by atoms with Crippen LogP contribution in [0.2, 0.25) is 0 Å². The van der Waals surface area contributed by atoms with Gasteiger partial charge in [0.05, 0.1) is 21.3 Å². The third-order valence-electron chi connectivity index (χ3n) is 5.33. The molecule has 0 aliphatic carbocycles. The molecule has 1 aliphatic rings. The fourth-order valence-electron chi connectivity index (χ4n) is 3.58. The van der Waals surface area contributed by atoms with E-state index in [0.717, 1.165) is 44.0 Å². The molecule has 0 spiro atoms. The summed E-state index contributed by atoms with van der Waals surface area (Å²) in [5.41, 5.74) is 2.68. The van der Waals surface area contributed by atoms with Crippen LogP contribution in [-0.2, 0) is 6.54 Å². The number of carbonyl (C=O) groups excluding carboxylic acids is 1. The molecule has 1 heterocycles. The number of piperazine rings is 1. The van der Waals surface area contributed by atoms with Gasteiger partial charge in [0.25, 0.3) is 0 Å². The number of carbonyl (C=O) groups is 1. The third kappa shape index (κ3) is 5.65. The summed E-state index contributed by atoms with van der Waals surface area (Å²) in [6.45, 7) is 5.80. The summed E-state index contributed by atoms with van der Waals surface area (Å²) < 4.78 is 16.3. The van der Waals surface area contributed by atoms with Crippen LogP contribution in [-0.4, -0.2) is 68.2 Å². The van der Waals surface area contributed by atoms with Crippen molar-refractivity contribution in [1.82, 2.24) is 9.80 Å². The van der Waals surface area contributed by atoms with E-state index < -0.39 is 0 Å². The summed E-state index contributed by atoms with van der Waals surface area (Å²) in [6, 6.07) is 11.4. The predicted molar refractivity (Wildman–Crippen MR) is 126 cm³/mol. The number of methoxy groups -OCH3 is 3. The topological polar surface area (TPSA) is 63.3 Å². The Morgan fingerprint density at radius 1 is 0.968 bits per heavy atom. The highest BCUT2D eigenvalue weighted by molar-refractivity contribution is 7.80. The number of hydrogen-bond donors (Lipinski definition) is 1. The monoisotopic (exact) mass is 443 g/mol. The van der Waals surface area contributed by atoms with Gasteiger partial charge in [0.2, 0.25) is 5.75 Å². The van der Waals surface area contributed by atoms with Crippen molar-refractivity contribution in [2.24, 2.45) is 0 Å². The minimum atomic E-state index is 0.0531. The van der Waals surface area contributed by atoms with Crippen LogP contribution < -0.4 is 19.5 Å². The van der Waals surface area contributed by atoms with E-state index in [9.17, 15) is 4.79 Å².